The highest BCUT2D eigenvalue weighted by Gasteiger charge is 2.70. The highest BCUT2D eigenvalue weighted by atomic mass is 16.6. The standard InChI is InChI=1S/C44H62N2O4.2C41H58N2O4/c1-27(2)10-8-9-11-28(3)34-20-21-35-33-26-37(49-40(47)29-12-16-31(45)17-13-29)39-42(4,5)38(50-41(48)30-14-18-32(46)19-15-30)23-25-44(39,7)36(33)22-24-43(34,35)6;1-25(2)9-6-10-26(3)33-15-16-34-32-24-37(47-39(45)28-12-8-14-30(43)22-28)36-23-31(46-38(44)27-11-7-13-29(42)21-27)17-19-41(36,5)35(32)18-20-40(33,34)4;1-25(2)7-6-8-26(3)33-17-18-34-32-24-37(47-39(45)28-11-15-30(43)16-12-28)36-23-31(46-38(44)27-9-13-29(42)14-10-27)19-21-41(36,5)35(32)20-22-40(33,34)4/h10,12-19,28,33-39H,8-9,11,20-26,45-46H2,1-7H3;7-8,11-14,21-22,25-26,31-37H,6,9-10,15-20,23-24,42-43H2,1-5H3;9-16,25-26,31-37H,6-8,17-24,42-43H2,1-5H3. The second kappa shape index (κ2) is 44.2. The lowest BCUT2D eigenvalue weighted by atomic mass is 9.40. The van der Waals surface area contributed by atoms with Gasteiger partial charge >= 0.3 is 35.8 Å². The molecule has 0 amide bonds. The van der Waals surface area contributed by atoms with Crippen LogP contribution in [0.4, 0.5) is 34.1 Å². The van der Waals surface area contributed by atoms with Crippen LogP contribution in [0.25, 0.3) is 0 Å². The number of nitrogen functional groups attached to an aromatic ring is 6. The van der Waals surface area contributed by atoms with Crippen molar-refractivity contribution in [3.05, 3.63) is 191 Å². The Morgan fingerprint density at radius 1 is 0.306 bits per heavy atom. The number of rotatable bonds is 27. The molecule has 12 fully saturated rings. The van der Waals surface area contributed by atoms with Crippen LogP contribution in [0.5, 0.6) is 0 Å². The number of nitrogens with two attached hydrogens (primary N) is 6. The van der Waals surface area contributed by atoms with Crippen LogP contribution < -0.4 is 34.4 Å². The molecule has 0 bridgehead atoms. The van der Waals surface area contributed by atoms with Crippen molar-refractivity contribution in [3.63, 3.8) is 0 Å². The maximum Gasteiger partial charge on any atom is 0.338 e. The molecule has 18 rings (SSSR count). The van der Waals surface area contributed by atoms with Gasteiger partial charge in [0.25, 0.3) is 0 Å². The fraction of sp³-hybridized carbons (Fsp3) is 0.651. The minimum absolute atomic E-state index is 0.0198. The second-order valence-electron chi connectivity index (χ2n) is 51.5. The molecule has 30 atom stereocenters. The quantitative estimate of drug-likeness (QED) is 0.00917. The van der Waals surface area contributed by atoms with Gasteiger partial charge in [0, 0.05) is 57.3 Å². The number of hydrogen-bond acceptors (Lipinski definition) is 18. The molecule has 12 aliphatic carbocycles. The van der Waals surface area contributed by atoms with Crippen LogP contribution in [-0.2, 0) is 28.4 Å². The summed E-state index contributed by atoms with van der Waals surface area (Å²) in [5.41, 5.74) is 44.3. The minimum Gasteiger partial charge on any atom is -0.459 e. The molecule has 12 aliphatic rings. The summed E-state index contributed by atoms with van der Waals surface area (Å²) < 4.78 is 38.4. The van der Waals surface area contributed by atoms with E-state index >= 15 is 0 Å². The van der Waals surface area contributed by atoms with Crippen molar-refractivity contribution < 1.29 is 57.2 Å². The molecule has 18 nitrogen and oxygen atoms in total. The average Bonchev–Trinajstić information content (AvgIpc) is 1.26. The van der Waals surface area contributed by atoms with Crippen LogP contribution in [0.3, 0.4) is 0 Å². The third-order valence-electron chi connectivity index (χ3n) is 41.6. The maximum atomic E-state index is 13.9. The Morgan fingerprint density at radius 3 is 0.972 bits per heavy atom. The molecule has 30 unspecified atom stereocenters. The summed E-state index contributed by atoms with van der Waals surface area (Å²) in [5, 5.41) is 0. The monoisotopic (exact) mass is 1970 g/mol. The topological polar surface area (TPSA) is 314 Å². The molecule has 6 aromatic carbocycles. The van der Waals surface area contributed by atoms with E-state index in [1.54, 1.807) is 140 Å². The van der Waals surface area contributed by atoms with Gasteiger partial charge in [-0.25, -0.2) is 28.8 Å². The van der Waals surface area contributed by atoms with Crippen molar-refractivity contribution in [1.29, 1.82) is 0 Å². The van der Waals surface area contributed by atoms with Crippen molar-refractivity contribution in [2.45, 2.75) is 360 Å². The molecule has 6 aromatic rings. The highest BCUT2D eigenvalue weighted by molar-refractivity contribution is 5.93. The molecule has 12 saturated carbocycles. The van der Waals surface area contributed by atoms with Gasteiger partial charge in [0.1, 0.15) is 36.6 Å². The molecule has 0 spiro atoms. The summed E-state index contributed by atoms with van der Waals surface area (Å²) in [6, 6.07) is 42.1. The van der Waals surface area contributed by atoms with Crippen LogP contribution in [0.1, 0.15) is 385 Å². The van der Waals surface area contributed by atoms with E-state index in [2.05, 4.69) is 124 Å². The highest BCUT2D eigenvalue weighted by Crippen LogP contribution is 2.74. The predicted octanol–water partition coefficient (Wildman–Crippen LogP) is 28.9. The number of carbonyl (C=O) groups is 6. The Hall–Kier alpha value is -9.32. The van der Waals surface area contributed by atoms with E-state index in [-0.39, 0.29) is 106 Å². The van der Waals surface area contributed by atoms with Crippen molar-refractivity contribution in [1.82, 2.24) is 0 Å². The van der Waals surface area contributed by atoms with E-state index in [0.717, 1.165) is 106 Å². The van der Waals surface area contributed by atoms with Crippen LogP contribution >= 0.6 is 0 Å². The zero-order valence-corrected chi connectivity index (χ0v) is 90.4. The number of unbranched alkanes of at least 4 members (excludes halogenated alkanes) is 1. The largest absolute Gasteiger partial charge is 0.459 e. The van der Waals surface area contributed by atoms with Gasteiger partial charge in [0.2, 0.25) is 0 Å². The Labute approximate surface area is 863 Å². The molecule has 18 heteroatoms. The summed E-state index contributed by atoms with van der Waals surface area (Å²) >= 11 is 0. The van der Waals surface area contributed by atoms with E-state index in [0.29, 0.717) is 149 Å². The molecule has 0 heterocycles. The summed E-state index contributed by atoms with van der Waals surface area (Å²) in [6.07, 6.45) is 37.5. The second-order valence-corrected chi connectivity index (χ2v) is 51.5. The molecule has 12 N–H and O–H groups in total. The average molecular weight is 1970 g/mol. The summed E-state index contributed by atoms with van der Waals surface area (Å²) in [7, 11) is 0. The number of fused-ring (bicyclic) bond motifs is 15. The number of hydrogen-bond donors (Lipinski definition) is 6. The van der Waals surface area contributed by atoms with Crippen LogP contribution in [-0.4, -0.2) is 72.4 Å². The number of anilines is 6. The smallest absolute Gasteiger partial charge is 0.338 e. The number of esters is 6. The summed E-state index contributed by atoms with van der Waals surface area (Å²) in [4.78, 5) is 81.0. The van der Waals surface area contributed by atoms with Gasteiger partial charge in [-0.3, -0.25) is 0 Å². The van der Waals surface area contributed by atoms with Gasteiger partial charge in [0.15, 0.2) is 0 Å². The fourth-order valence-electron chi connectivity index (χ4n) is 34.6. The van der Waals surface area contributed by atoms with Gasteiger partial charge < -0.3 is 62.8 Å². The van der Waals surface area contributed by atoms with Crippen molar-refractivity contribution in [3.8, 4) is 0 Å². The third kappa shape index (κ3) is 22.4. The normalized spacial score (nSPS) is 35.1. The van der Waals surface area contributed by atoms with Crippen molar-refractivity contribution in [2.24, 2.45) is 156 Å². The predicted molar refractivity (Wildman–Crippen MR) is 579 cm³/mol. The SMILES string of the molecule is CC(C)=CCCCC(C)C1CCC2C3CC(OC(=O)c4ccc(N)cc4)C4C(C)(C)C(OC(=O)c5ccc(N)cc5)CCC4(C)C3CCC12C.CC(C)CCCC(C)C1CCC2C3CC(OC(=O)c4ccc(N)cc4)C4CC(OC(=O)c5ccc(N)cc5)CCC4(C)C3CCC12C.CC(C)CCCC(C)C1CCC2C3CC(OC(=O)c4cccc(N)c4)C4CC(OC(=O)c5cccc(N)c5)CCC4(C)C3CCC12C. The molecule has 784 valence electrons. The lowest BCUT2D eigenvalue weighted by molar-refractivity contribution is -0.219. The molecule has 144 heavy (non-hydrogen) atoms. The molecular formula is C126H178N6O12. The van der Waals surface area contributed by atoms with Crippen LogP contribution in [0.2, 0.25) is 0 Å². The Kier molecular flexibility index (Phi) is 33.0. The first kappa shape index (κ1) is 107. The summed E-state index contributed by atoms with van der Waals surface area (Å²) in [5.74, 6) is 9.75. The lowest BCUT2D eigenvalue weighted by Crippen LogP contribution is -2.64. The van der Waals surface area contributed by atoms with Crippen LogP contribution in [0, 0.1) is 156 Å². The molecule has 0 saturated heterocycles. The first-order chi connectivity index (χ1) is 68.4. The molecule has 0 aromatic heterocycles. The van der Waals surface area contributed by atoms with E-state index in [4.69, 9.17) is 62.8 Å². The van der Waals surface area contributed by atoms with Crippen LogP contribution in [0.15, 0.2) is 157 Å². The fourth-order valence-corrected chi connectivity index (χ4v) is 34.6. The number of allylic oxidation sites excluding steroid dienone is 2. The zero-order valence-electron chi connectivity index (χ0n) is 90.4. The van der Waals surface area contributed by atoms with Crippen molar-refractivity contribution >= 4 is 69.9 Å². The lowest BCUT2D eigenvalue weighted by Gasteiger charge is -2.66. The van der Waals surface area contributed by atoms with E-state index < -0.39 is 5.41 Å². The Morgan fingerprint density at radius 2 is 0.611 bits per heavy atom. The third-order valence-corrected chi connectivity index (χ3v) is 41.6. The van der Waals surface area contributed by atoms with Gasteiger partial charge in [-0.15, -0.1) is 0 Å². The van der Waals surface area contributed by atoms with Gasteiger partial charge in [-0.05, 0) is 441 Å². The van der Waals surface area contributed by atoms with E-state index in [9.17, 15) is 28.8 Å². The van der Waals surface area contributed by atoms with Crippen molar-refractivity contribution in [2.75, 3.05) is 34.4 Å². The number of benzene rings is 6. The van der Waals surface area contributed by atoms with E-state index in [1.165, 1.54) is 140 Å². The Bertz CT molecular complexity index is 5460. The first-order valence-electron chi connectivity index (χ1n) is 56.4. The molecule has 0 radical (unpaired) electrons. The number of ether oxygens (including phenoxy) is 6. The first-order valence-corrected chi connectivity index (χ1v) is 56.4. The maximum absolute atomic E-state index is 13.9. The minimum atomic E-state index is -0.410. The zero-order chi connectivity index (χ0) is 103. The van der Waals surface area contributed by atoms with Gasteiger partial charge in [-0.1, -0.05) is 173 Å². The Balaban J connectivity index is 0.000000155. The number of carbonyl (C=O) groups excluding carboxylic acids is 6. The molecule has 0 aliphatic heterocycles. The summed E-state index contributed by atoms with van der Waals surface area (Å²) in [6.45, 7) is 41.0. The van der Waals surface area contributed by atoms with Gasteiger partial charge in [0.05, 0.1) is 33.4 Å². The van der Waals surface area contributed by atoms with E-state index in [1.807, 2.05) is 6.07 Å². The van der Waals surface area contributed by atoms with Gasteiger partial charge in [-0.2, -0.15) is 0 Å². The molecular weight excluding hydrogens is 1790 g/mol.